The van der Waals surface area contributed by atoms with Gasteiger partial charge in [-0.05, 0) is 36.5 Å². The summed E-state index contributed by atoms with van der Waals surface area (Å²) < 4.78 is 7.07. The second-order valence-corrected chi connectivity index (χ2v) is 7.17. The van der Waals surface area contributed by atoms with Crippen molar-refractivity contribution < 1.29 is 14.7 Å². The number of ether oxygens (including phenoxy) is 1. The highest BCUT2D eigenvalue weighted by Gasteiger charge is 2.26. The normalized spacial score (nSPS) is 17.0. The van der Waals surface area contributed by atoms with E-state index in [1.54, 1.807) is 18.2 Å². The van der Waals surface area contributed by atoms with E-state index >= 15 is 0 Å². The highest BCUT2D eigenvalue weighted by atomic mass is 16.5. The van der Waals surface area contributed by atoms with Crippen LogP contribution in [0.5, 0.6) is 0 Å². The molecule has 5 nitrogen and oxygen atoms in total. The van der Waals surface area contributed by atoms with Gasteiger partial charge in [0.2, 0.25) is 5.69 Å². The summed E-state index contributed by atoms with van der Waals surface area (Å²) >= 11 is 0. The lowest BCUT2D eigenvalue weighted by Crippen LogP contribution is -2.41. The van der Waals surface area contributed by atoms with Crippen LogP contribution in [-0.2, 0) is 4.74 Å². The van der Waals surface area contributed by atoms with Crippen LogP contribution in [0.1, 0.15) is 44.0 Å². The number of nitrogens with one attached hydrogen (secondary N) is 2. The van der Waals surface area contributed by atoms with Crippen LogP contribution in [0.2, 0.25) is 0 Å². The van der Waals surface area contributed by atoms with Crippen molar-refractivity contribution >= 4 is 11.4 Å². The predicted molar refractivity (Wildman–Crippen MR) is 102 cm³/mol. The van der Waals surface area contributed by atoms with E-state index in [2.05, 4.69) is 18.5 Å². The Morgan fingerprint density at radius 3 is 2.77 bits per heavy atom. The molecular weight excluding hydrogens is 326 g/mol. The summed E-state index contributed by atoms with van der Waals surface area (Å²) in [5.41, 5.74) is 3.56. The average molecular weight is 352 g/mol. The summed E-state index contributed by atoms with van der Waals surface area (Å²) in [6.45, 7) is 12.7. The van der Waals surface area contributed by atoms with Gasteiger partial charge in [-0.15, -0.1) is 0 Å². The second kappa shape index (κ2) is 7.20. The molecule has 3 rings (SSSR count). The third-order valence-corrected chi connectivity index (χ3v) is 4.56. The number of rotatable bonds is 7. The maximum absolute atomic E-state index is 10.5. The van der Waals surface area contributed by atoms with E-state index in [1.165, 1.54) is 12.8 Å². The first-order chi connectivity index (χ1) is 12.4. The van der Waals surface area contributed by atoms with Gasteiger partial charge in [-0.3, -0.25) is 5.21 Å². The van der Waals surface area contributed by atoms with Crippen LogP contribution in [0.15, 0.2) is 60.5 Å². The van der Waals surface area contributed by atoms with Crippen molar-refractivity contribution in [1.29, 1.82) is 5.41 Å². The average Bonchev–Trinajstić information content (AvgIpc) is 3.41. The Hall–Kier alpha value is -2.82. The van der Waals surface area contributed by atoms with Crippen LogP contribution in [0.3, 0.4) is 0 Å². The molecule has 0 spiro atoms. The lowest BCUT2D eigenvalue weighted by Gasteiger charge is -2.20. The molecule has 1 aromatic rings. The van der Waals surface area contributed by atoms with Gasteiger partial charge in [0.25, 0.3) is 5.69 Å². The smallest absolute Gasteiger partial charge is 0.280 e. The van der Waals surface area contributed by atoms with Gasteiger partial charge in [0.15, 0.2) is 0 Å². The number of allylic oxidation sites excluding steroid dienone is 3. The first-order valence-electron chi connectivity index (χ1n) is 8.91. The standard InChI is InChI=1S/C21H26N3O2/c1-13(2)19-6-5-7-20(24(19)25)15(4)23-18-10-14(3)17(22)11-21(18)26-12-16-8-9-16/h5-7,10-11,13,16,22-23,25H,3-4,8-9,12H2,1-2H3/q+1. The number of pyridine rings is 1. The van der Waals surface area contributed by atoms with Crippen LogP contribution in [0.25, 0.3) is 5.70 Å². The number of aromatic nitrogens is 1. The summed E-state index contributed by atoms with van der Waals surface area (Å²) in [6, 6.07) is 5.58. The zero-order valence-corrected chi connectivity index (χ0v) is 15.4. The van der Waals surface area contributed by atoms with Crippen molar-refractivity contribution in [2.75, 3.05) is 6.61 Å². The molecule has 0 aromatic carbocycles. The Morgan fingerprint density at radius 1 is 1.38 bits per heavy atom. The van der Waals surface area contributed by atoms with Crippen molar-refractivity contribution in [1.82, 2.24) is 5.32 Å². The molecule has 1 aromatic heterocycles. The fraction of sp³-hybridized carbons (Fsp3) is 0.333. The van der Waals surface area contributed by atoms with Gasteiger partial charge in [0, 0.05) is 28.9 Å². The third kappa shape index (κ3) is 3.87. The Balaban J connectivity index is 1.81. The molecule has 0 aliphatic heterocycles. The first-order valence-corrected chi connectivity index (χ1v) is 8.91. The monoisotopic (exact) mass is 352 g/mol. The number of hydrogen-bond acceptors (Lipinski definition) is 4. The Morgan fingerprint density at radius 2 is 2.12 bits per heavy atom. The quantitative estimate of drug-likeness (QED) is 0.518. The van der Waals surface area contributed by atoms with Crippen LogP contribution in [0, 0.1) is 11.3 Å². The van der Waals surface area contributed by atoms with Crippen molar-refractivity contribution in [3.8, 4) is 0 Å². The summed E-state index contributed by atoms with van der Waals surface area (Å²) in [5, 5.41) is 21.7. The van der Waals surface area contributed by atoms with Crippen molar-refractivity contribution in [3.05, 3.63) is 71.9 Å². The van der Waals surface area contributed by atoms with E-state index in [0.29, 0.717) is 46.7 Å². The van der Waals surface area contributed by atoms with Crippen LogP contribution >= 0.6 is 0 Å². The molecule has 0 atom stereocenters. The summed E-state index contributed by atoms with van der Waals surface area (Å²) in [5.74, 6) is 1.40. The fourth-order valence-corrected chi connectivity index (χ4v) is 2.74. The van der Waals surface area contributed by atoms with Gasteiger partial charge in [-0.2, -0.15) is 0 Å². The minimum Gasteiger partial charge on any atom is -0.491 e. The maximum atomic E-state index is 10.5. The minimum atomic E-state index is 0.180. The van der Waals surface area contributed by atoms with Crippen LogP contribution in [0.4, 0.5) is 0 Å². The Bertz CT molecular complexity index is 830. The molecule has 1 heterocycles. The summed E-state index contributed by atoms with van der Waals surface area (Å²) in [6.07, 6.45) is 5.86. The van der Waals surface area contributed by atoms with Gasteiger partial charge < -0.3 is 15.5 Å². The van der Waals surface area contributed by atoms with E-state index in [-0.39, 0.29) is 5.92 Å². The molecule has 3 N–H and O–H groups in total. The molecule has 0 amide bonds. The van der Waals surface area contributed by atoms with Crippen molar-refractivity contribution in [3.63, 3.8) is 0 Å². The molecule has 2 aliphatic rings. The number of hydrogen-bond donors (Lipinski definition) is 3. The molecule has 1 saturated carbocycles. The fourth-order valence-electron chi connectivity index (χ4n) is 2.74. The second-order valence-electron chi connectivity index (χ2n) is 7.17. The van der Waals surface area contributed by atoms with Gasteiger partial charge >= 0.3 is 0 Å². The van der Waals surface area contributed by atoms with E-state index in [0.717, 1.165) is 10.4 Å². The van der Waals surface area contributed by atoms with Crippen molar-refractivity contribution in [2.24, 2.45) is 5.92 Å². The van der Waals surface area contributed by atoms with Crippen molar-refractivity contribution in [2.45, 2.75) is 32.6 Å². The Labute approximate surface area is 154 Å². The highest BCUT2D eigenvalue weighted by molar-refractivity contribution is 6.09. The zero-order chi connectivity index (χ0) is 18.8. The summed E-state index contributed by atoms with van der Waals surface area (Å²) in [7, 11) is 0. The zero-order valence-electron chi connectivity index (χ0n) is 15.4. The molecule has 2 aliphatic carbocycles. The largest absolute Gasteiger partial charge is 0.491 e. The molecule has 0 unspecified atom stereocenters. The van der Waals surface area contributed by atoms with E-state index < -0.39 is 0 Å². The van der Waals surface area contributed by atoms with E-state index in [4.69, 9.17) is 10.1 Å². The van der Waals surface area contributed by atoms with E-state index in [1.807, 2.05) is 26.0 Å². The molecular formula is C21H26N3O2+. The highest BCUT2D eigenvalue weighted by Crippen LogP contribution is 2.31. The van der Waals surface area contributed by atoms with Gasteiger partial charge in [-0.25, -0.2) is 0 Å². The maximum Gasteiger partial charge on any atom is 0.280 e. The molecule has 136 valence electrons. The predicted octanol–water partition coefficient (Wildman–Crippen LogP) is 3.68. The van der Waals surface area contributed by atoms with E-state index in [9.17, 15) is 5.21 Å². The molecule has 5 heteroatoms. The third-order valence-electron chi connectivity index (χ3n) is 4.56. The number of nitrogens with zero attached hydrogens (tertiary/aromatic N) is 1. The van der Waals surface area contributed by atoms with Crippen LogP contribution in [-0.4, -0.2) is 17.5 Å². The van der Waals surface area contributed by atoms with Gasteiger partial charge in [0.05, 0.1) is 18.0 Å². The lowest BCUT2D eigenvalue weighted by atomic mass is 10.0. The topological polar surface area (TPSA) is 69.2 Å². The van der Waals surface area contributed by atoms with Crippen LogP contribution < -0.4 is 10.0 Å². The first kappa shape index (κ1) is 18.0. The molecule has 0 bridgehead atoms. The lowest BCUT2D eigenvalue weighted by molar-refractivity contribution is -0.911. The van der Waals surface area contributed by atoms with Gasteiger partial charge in [0.1, 0.15) is 11.5 Å². The molecule has 0 radical (unpaired) electrons. The van der Waals surface area contributed by atoms with Gasteiger partial charge in [-0.1, -0.05) is 27.0 Å². The molecule has 1 fully saturated rings. The molecule has 26 heavy (non-hydrogen) atoms. The molecule has 0 saturated heterocycles. The Kier molecular flexibility index (Phi) is 4.98. The summed E-state index contributed by atoms with van der Waals surface area (Å²) in [4.78, 5) is 0. The SMILES string of the molecule is C=C1C=C(NC(=C)c2cccc(C(C)C)[n+]2O)C(OCC2CC2)=CC1=N. The minimum absolute atomic E-state index is 0.180.